The molecule has 128 valence electrons. The molecule has 0 aliphatic carbocycles. The van der Waals surface area contributed by atoms with Crippen molar-refractivity contribution in [1.82, 2.24) is 0 Å². The van der Waals surface area contributed by atoms with Gasteiger partial charge >= 0.3 is 5.97 Å². The van der Waals surface area contributed by atoms with Crippen LogP contribution in [-0.2, 0) is 9.53 Å². The highest BCUT2D eigenvalue weighted by molar-refractivity contribution is 6.05. The van der Waals surface area contributed by atoms with E-state index in [0.717, 1.165) is 11.1 Å². The molecule has 0 fully saturated rings. The molecule has 0 spiro atoms. The first-order valence-corrected chi connectivity index (χ1v) is 8.27. The van der Waals surface area contributed by atoms with Gasteiger partial charge in [-0.05, 0) is 55.3 Å². The van der Waals surface area contributed by atoms with Crippen molar-refractivity contribution in [3.8, 4) is 0 Å². The highest BCUT2D eigenvalue weighted by atomic mass is 16.5. The van der Waals surface area contributed by atoms with Gasteiger partial charge in [0.15, 0.2) is 5.43 Å². The third-order valence-electron chi connectivity index (χ3n) is 4.53. The molecule has 0 radical (unpaired) electrons. The van der Waals surface area contributed by atoms with Crippen molar-refractivity contribution < 1.29 is 13.9 Å². The molecule has 0 unspecified atom stereocenters. The molecular weight excluding hydrogens is 328 g/mol. The number of rotatable bonds is 2. The fourth-order valence-electron chi connectivity index (χ4n) is 2.89. The maximum atomic E-state index is 12.6. The lowest BCUT2D eigenvalue weighted by molar-refractivity contribution is -0.130. The Morgan fingerprint density at radius 3 is 2.58 bits per heavy atom. The minimum Gasteiger partial charge on any atom is -0.463 e. The van der Waals surface area contributed by atoms with Crippen molar-refractivity contribution in [3.63, 3.8) is 0 Å². The SMILES string of the molecule is Cc1ccc(C2=C/C(=C\c3coc4ccccc4c3=O)C(=O)O2)cc1C. The van der Waals surface area contributed by atoms with Gasteiger partial charge in [0.05, 0.1) is 16.5 Å². The lowest BCUT2D eigenvalue weighted by Crippen LogP contribution is -2.06. The summed E-state index contributed by atoms with van der Waals surface area (Å²) in [5.41, 5.74) is 4.08. The van der Waals surface area contributed by atoms with Gasteiger partial charge in [-0.3, -0.25) is 4.79 Å². The summed E-state index contributed by atoms with van der Waals surface area (Å²) in [6.45, 7) is 4.03. The van der Waals surface area contributed by atoms with Crippen molar-refractivity contribution >= 4 is 28.8 Å². The molecule has 0 bridgehead atoms. The number of hydrogen-bond donors (Lipinski definition) is 0. The molecule has 0 amide bonds. The predicted molar refractivity (Wildman–Crippen MR) is 100 cm³/mol. The molecular formula is C22H16O4. The number of esters is 1. The second-order valence-electron chi connectivity index (χ2n) is 6.31. The second-order valence-corrected chi connectivity index (χ2v) is 6.31. The zero-order valence-electron chi connectivity index (χ0n) is 14.4. The largest absolute Gasteiger partial charge is 0.463 e. The smallest absolute Gasteiger partial charge is 0.343 e. The lowest BCUT2D eigenvalue weighted by Gasteiger charge is -2.05. The molecule has 1 aromatic heterocycles. The summed E-state index contributed by atoms with van der Waals surface area (Å²) in [6.07, 6.45) is 4.53. The standard InChI is InChI=1S/C22H16O4/c1-13-7-8-15(9-14(13)2)20-11-16(22(24)26-20)10-17-12-25-19-6-4-3-5-18(19)21(17)23/h3-12H,1-2H3/b16-10+. The molecule has 0 N–H and O–H groups in total. The van der Waals surface area contributed by atoms with Crippen LogP contribution in [-0.4, -0.2) is 5.97 Å². The average Bonchev–Trinajstić information content (AvgIpc) is 3.00. The fourth-order valence-corrected chi connectivity index (χ4v) is 2.89. The third kappa shape index (κ3) is 2.75. The summed E-state index contributed by atoms with van der Waals surface area (Å²) in [6, 6.07) is 12.9. The highest BCUT2D eigenvalue weighted by Gasteiger charge is 2.22. The van der Waals surface area contributed by atoms with Gasteiger partial charge < -0.3 is 9.15 Å². The van der Waals surface area contributed by atoms with Crippen LogP contribution in [0, 0.1) is 13.8 Å². The van der Waals surface area contributed by atoms with E-state index in [2.05, 4.69) is 0 Å². The quantitative estimate of drug-likeness (QED) is 0.511. The predicted octanol–water partition coefficient (Wildman–Crippen LogP) is 4.39. The summed E-state index contributed by atoms with van der Waals surface area (Å²) in [7, 11) is 0. The van der Waals surface area contributed by atoms with Crippen LogP contribution in [0.5, 0.6) is 0 Å². The number of fused-ring (bicyclic) bond motifs is 1. The fraction of sp³-hybridized carbons (Fsp3) is 0.0909. The van der Waals surface area contributed by atoms with Crippen LogP contribution in [0.25, 0.3) is 22.8 Å². The molecule has 4 heteroatoms. The number of carbonyl (C=O) groups is 1. The van der Waals surface area contributed by atoms with Crippen LogP contribution in [0.1, 0.15) is 22.3 Å². The van der Waals surface area contributed by atoms with Crippen LogP contribution in [0.2, 0.25) is 0 Å². The molecule has 1 aliphatic rings. The first kappa shape index (κ1) is 16.1. The Bertz CT molecular complexity index is 1160. The van der Waals surface area contributed by atoms with Crippen molar-refractivity contribution in [2.75, 3.05) is 0 Å². The number of benzene rings is 2. The number of hydrogen-bond acceptors (Lipinski definition) is 4. The Hall–Kier alpha value is -3.40. The molecule has 0 atom stereocenters. The first-order valence-electron chi connectivity index (χ1n) is 8.27. The molecule has 2 aromatic carbocycles. The molecule has 4 nitrogen and oxygen atoms in total. The number of carbonyl (C=O) groups excluding carboxylic acids is 1. The number of para-hydroxylation sites is 1. The summed E-state index contributed by atoms with van der Waals surface area (Å²) < 4.78 is 10.9. The topological polar surface area (TPSA) is 56.5 Å². The van der Waals surface area contributed by atoms with Crippen molar-refractivity contribution in [2.24, 2.45) is 0 Å². The Kier molecular flexibility index (Phi) is 3.81. The monoisotopic (exact) mass is 344 g/mol. The Balaban J connectivity index is 1.77. The maximum absolute atomic E-state index is 12.6. The third-order valence-corrected chi connectivity index (χ3v) is 4.53. The van der Waals surface area contributed by atoms with E-state index >= 15 is 0 Å². The molecule has 2 heterocycles. The zero-order chi connectivity index (χ0) is 18.3. The summed E-state index contributed by atoms with van der Waals surface area (Å²) >= 11 is 0. The Morgan fingerprint density at radius 1 is 0.962 bits per heavy atom. The van der Waals surface area contributed by atoms with Gasteiger partial charge in [0, 0.05) is 5.56 Å². The molecule has 26 heavy (non-hydrogen) atoms. The van der Waals surface area contributed by atoms with E-state index in [4.69, 9.17) is 9.15 Å². The van der Waals surface area contributed by atoms with Gasteiger partial charge in [0.2, 0.25) is 0 Å². The van der Waals surface area contributed by atoms with Crippen molar-refractivity contribution in [3.05, 3.63) is 92.9 Å². The molecule has 0 saturated carbocycles. The van der Waals surface area contributed by atoms with Gasteiger partial charge in [-0.25, -0.2) is 4.79 Å². The Labute approximate surface area is 150 Å². The minimum atomic E-state index is -0.481. The van der Waals surface area contributed by atoms with E-state index in [1.54, 1.807) is 30.3 Å². The second kappa shape index (κ2) is 6.15. The molecule has 3 aromatic rings. The van der Waals surface area contributed by atoms with Crippen LogP contribution < -0.4 is 5.43 Å². The zero-order valence-corrected chi connectivity index (χ0v) is 14.4. The van der Waals surface area contributed by atoms with E-state index in [-0.39, 0.29) is 5.43 Å². The summed E-state index contributed by atoms with van der Waals surface area (Å²) in [5, 5.41) is 0.478. The van der Waals surface area contributed by atoms with Crippen molar-refractivity contribution in [1.29, 1.82) is 0 Å². The van der Waals surface area contributed by atoms with E-state index in [1.165, 1.54) is 17.9 Å². The number of cyclic esters (lactones) is 1. The van der Waals surface area contributed by atoms with Crippen LogP contribution >= 0.6 is 0 Å². The normalized spacial score (nSPS) is 15.4. The van der Waals surface area contributed by atoms with Gasteiger partial charge in [-0.2, -0.15) is 0 Å². The summed E-state index contributed by atoms with van der Waals surface area (Å²) in [5.74, 6) is 0.000290. The first-order chi connectivity index (χ1) is 12.5. The molecule has 0 saturated heterocycles. The van der Waals surface area contributed by atoms with Gasteiger partial charge in [0.25, 0.3) is 0 Å². The van der Waals surface area contributed by atoms with Crippen molar-refractivity contribution in [2.45, 2.75) is 13.8 Å². The van der Waals surface area contributed by atoms with Gasteiger partial charge in [0.1, 0.15) is 17.6 Å². The van der Waals surface area contributed by atoms with Crippen LogP contribution in [0.3, 0.4) is 0 Å². The maximum Gasteiger partial charge on any atom is 0.343 e. The average molecular weight is 344 g/mol. The van der Waals surface area contributed by atoms with Crippen LogP contribution in [0.15, 0.2) is 69.6 Å². The van der Waals surface area contributed by atoms with E-state index in [0.29, 0.717) is 27.9 Å². The highest BCUT2D eigenvalue weighted by Crippen LogP contribution is 2.28. The lowest BCUT2D eigenvalue weighted by atomic mass is 10.0. The van der Waals surface area contributed by atoms with Gasteiger partial charge in [-0.1, -0.05) is 24.3 Å². The van der Waals surface area contributed by atoms with Gasteiger partial charge in [-0.15, -0.1) is 0 Å². The minimum absolute atomic E-state index is 0.180. The molecule has 1 aliphatic heterocycles. The number of aryl methyl sites for hydroxylation is 2. The number of ether oxygens (including phenoxy) is 1. The summed E-state index contributed by atoms with van der Waals surface area (Å²) in [4.78, 5) is 24.8. The molecule has 4 rings (SSSR count). The van der Waals surface area contributed by atoms with E-state index < -0.39 is 5.97 Å². The Morgan fingerprint density at radius 2 is 1.77 bits per heavy atom. The van der Waals surface area contributed by atoms with E-state index in [1.807, 2.05) is 32.0 Å². The van der Waals surface area contributed by atoms with E-state index in [9.17, 15) is 9.59 Å². The van der Waals surface area contributed by atoms with Crippen LogP contribution in [0.4, 0.5) is 0 Å².